The molecule has 1 aliphatic heterocycles. The molecule has 2 heteroatoms. The summed E-state index contributed by atoms with van der Waals surface area (Å²) in [4.78, 5) is 0. The highest BCUT2D eigenvalue weighted by atomic mass is 14.9. The van der Waals surface area contributed by atoms with Crippen LogP contribution in [0.2, 0.25) is 0 Å². The van der Waals surface area contributed by atoms with Gasteiger partial charge in [0, 0.05) is 6.04 Å². The molecule has 2 rings (SSSR count). The average molecular weight is 274 g/mol. The molecule has 1 fully saturated rings. The maximum absolute atomic E-state index is 3.70. The van der Waals surface area contributed by atoms with Crippen molar-refractivity contribution in [1.29, 1.82) is 0 Å². The molecule has 112 valence electrons. The molecular weight excluding hydrogens is 244 g/mol. The van der Waals surface area contributed by atoms with Crippen LogP contribution in [-0.4, -0.2) is 19.6 Å². The quantitative estimate of drug-likeness (QED) is 0.876. The molecule has 0 aromatic heterocycles. The number of piperidine rings is 1. The van der Waals surface area contributed by atoms with E-state index in [1.165, 1.54) is 37.1 Å². The van der Waals surface area contributed by atoms with Crippen molar-refractivity contribution in [1.82, 2.24) is 10.6 Å². The van der Waals surface area contributed by atoms with E-state index in [0.717, 1.165) is 12.5 Å². The Balaban J connectivity index is 1.87. The molecule has 2 nitrogen and oxygen atoms in total. The molecular formula is C18H30N2. The van der Waals surface area contributed by atoms with Crippen molar-refractivity contribution in [2.75, 3.05) is 19.6 Å². The van der Waals surface area contributed by atoms with Crippen molar-refractivity contribution in [3.8, 4) is 0 Å². The second kappa shape index (κ2) is 6.73. The lowest BCUT2D eigenvalue weighted by atomic mass is 9.86. The largest absolute Gasteiger partial charge is 0.317 e. The van der Waals surface area contributed by atoms with Crippen LogP contribution in [0.25, 0.3) is 0 Å². The van der Waals surface area contributed by atoms with E-state index in [0.29, 0.717) is 6.04 Å². The van der Waals surface area contributed by atoms with Crippen molar-refractivity contribution in [3.05, 3.63) is 35.4 Å². The molecule has 0 radical (unpaired) electrons. The summed E-state index contributed by atoms with van der Waals surface area (Å²) in [7, 11) is 0. The molecule has 1 aliphatic rings. The highest BCUT2D eigenvalue weighted by Gasteiger charge is 2.16. The second-order valence-corrected chi connectivity index (χ2v) is 7.20. The standard InChI is InChI=1S/C18H30N2/c1-14(20-13-15-9-11-19-12-10-15)16-5-7-17(8-6-16)18(2,3)4/h5-8,14-15,19-20H,9-13H2,1-4H3. The Morgan fingerprint density at radius 2 is 1.75 bits per heavy atom. The van der Waals surface area contributed by atoms with Crippen molar-refractivity contribution in [3.63, 3.8) is 0 Å². The van der Waals surface area contributed by atoms with E-state index >= 15 is 0 Å². The number of hydrogen-bond acceptors (Lipinski definition) is 2. The zero-order valence-corrected chi connectivity index (χ0v) is 13.5. The van der Waals surface area contributed by atoms with Crippen LogP contribution in [0.1, 0.15) is 57.7 Å². The normalized spacial score (nSPS) is 19.0. The smallest absolute Gasteiger partial charge is 0.0291 e. The van der Waals surface area contributed by atoms with Gasteiger partial charge in [0.1, 0.15) is 0 Å². The van der Waals surface area contributed by atoms with E-state index in [9.17, 15) is 0 Å². The van der Waals surface area contributed by atoms with E-state index in [2.05, 4.69) is 62.6 Å². The third-order valence-corrected chi connectivity index (χ3v) is 4.45. The van der Waals surface area contributed by atoms with Crippen LogP contribution in [0.5, 0.6) is 0 Å². The fourth-order valence-electron chi connectivity index (χ4n) is 2.82. The molecule has 20 heavy (non-hydrogen) atoms. The minimum absolute atomic E-state index is 0.240. The minimum Gasteiger partial charge on any atom is -0.317 e. The first-order chi connectivity index (χ1) is 9.47. The lowest BCUT2D eigenvalue weighted by Gasteiger charge is -2.25. The molecule has 0 amide bonds. The Morgan fingerprint density at radius 3 is 2.30 bits per heavy atom. The van der Waals surface area contributed by atoms with E-state index in [-0.39, 0.29) is 5.41 Å². The van der Waals surface area contributed by atoms with E-state index < -0.39 is 0 Å². The zero-order valence-electron chi connectivity index (χ0n) is 13.5. The molecule has 1 heterocycles. The molecule has 0 aliphatic carbocycles. The van der Waals surface area contributed by atoms with Crippen LogP contribution in [0.3, 0.4) is 0 Å². The molecule has 2 N–H and O–H groups in total. The van der Waals surface area contributed by atoms with Gasteiger partial charge >= 0.3 is 0 Å². The zero-order chi connectivity index (χ0) is 14.6. The van der Waals surface area contributed by atoms with Gasteiger partial charge in [0.05, 0.1) is 0 Å². The van der Waals surface area contributed by atoms with Crippen molar-refractivity contribution >= 4 is 0 Å². The fraction of sp³-hybridized carbons (Fsp3) is 0.667. The van der Waals surface area contributed by atoms with Gasteiger partial charge in [0.25, 0.3) is 0 Å². The van der Waals surface area contributed by atoms with Crippen molar-refractivity contribution < 1.29 is 0 Å². The Bertz CT molecular complexity index is 396. The molecule has 1 saturated heterocycles. The topological polar surface area (TPSA) is 24.1 Å². The van der Waals surface area contributed by atoms with Crippen LogP contribution in [-0.2, 0) is 5.41 Å². The highest BCUT2D eigenvalue weighted by Crippen LogP contribution is 2.24. The summed E-state index contributed by atoms with van der Waals surface area (Å²) in [6.45, 7) is 12.6. The molecule has 0 saturated carbocycles. The monoisotopic (exact) mass is 274 g/mol. The number of nitrogens with one attached hydrogen (secondary N) is 2. The first-order valence-corrected chi connectivity index (χ1v) is 8.01. The summed E-state index contributed by atoms with van der Waals surface area (Å²) in [6.07, 6.45) is 2.62. The van der Waals surface area contributed by atoms with Crippen LogP contribution >= 0.6 is 0 Å². The van der Waals surface area contributed by atoms with Crippen LogP contribution < -0.4 is 10.6 Å². The van der Waals surface area contributed by atoms with E-state index in [4.69, 9.17) is 0 Å². The minimum atomic E-state index is 0.240. The first-order valence-electron chi connectivity index (χ1n) is 8.01. The SMILES string of the molecule is CC(NCC1CCNCC1)c1ccc(C(C)(C)C)cc1. The van der Waals surface area contributed by atoms with E-state index in [1.54, 1.807) is 0 Å². The van der Waals surface area contributed by atoms with Gasteiger partial charge in [0.15, 0.2) is 0 Å². The van der Waals surface area contributed by atoms with Gasteiger partial charge in [-0.3, -0.25) is 0 Å². The van der Waals surface area contributed by atoms with Crippen molar-refractivity contribution in [2.24, 2.45) is 5.92 Å². The predicted octanol–water partition coefficient (Wildman–Crippen LogP) is 3.63. The summed E-state index contributed by atoms with van der Waals surface area (Å²) < 4.78 is 0. The third kappa shape index (κ3) is 4.32. The highest BCUT2D eigenvalue weighted by molar-refractivity contribution is 5.29. The first kappa shape index (κ1) is 15.5. The Kier molecular flexibility index (Phi) is 5.22. The van der Waals surface area contributed by atoms with Gasteiger partial charge in [-0.1, -0.05) is 45.0 Å². The van der Waals surface area contributed by atoms with E-state index in [1.807, 2.05) is 0 Å². The van der Waals surface area contributed by atoms with Gasteiger partial charge in [-0.05, 0) is 61.9 Å². The Morgan fingerprint density at radius 1 is 1.15 bits per heavy atom. The number of hydrogen-bond donors (Lipinski definition) is 2. The molecule has 1 aromatic carbocycles. The molecule has 0 spiro atoms. The Hall–Kier alpha value is -0.860. The summed E-state index contributed by atoms with van der Waals surface area (Å²) in [5.74, 6) is 0.840. The fourth-order valence-corrected chi connectivity index (χ4v) is 2.82. The lowest BCUT2D eigenvalue weighted by Crippen LogP contribution is -2.34. The lowest BCUT2D eigenvalue weighted by molar-refractivity contribution is 0.345. The van der Waals surface area contributed by atoms with Gasteiger partial charge in [-0.25, -0.2) is 0 Å². The summed E-state index contributed by atoms with van der Waals surface area (Å²) in [6, 6.07) is 9.55. The van der Waals surface area contributed by atoms with Crippen LogP contribution in [0, 0.1) is 5.92 Å². The maximum Gasteiger partial charge on any atom is 0.0291 e. The van der Waals surface area contributed by atoms with Gasteiger partial charge in [0.2, 0.25) is 0 Å². The van der Waals surface area contributed by atoms with Gasteiger partial charge < -0.3 is 10.6 Å². The van der Waals surface area contributed by atoms with Crippen LogP contribution in [0.15, 0.2) is 24.3 Å². The summed E-state index contributed by atoms with van der Waals surface area (Å²) in [5, 5.41) is 7.13. The summed E-state index contributed by atoms with van der Waals surface area (Å²) >= 11 is 0. The maximum atomic E-state index is 3.70. The van der Waals surface area contributed by atoms with Gasteiger partial charge in [-0.2, -0.15) is 0 Å². The second-order valence-electron chi connectivity index (χ2n) is 7.20. The predicted molar refractivity (Wildman–Crippen MR) is 87.2 cm³/mol. The molecule has 1 aromatic rings. The van der Waals surface area contributed by atoms with Crippen LogP contribution in [0.4, 0.5) is 0 Å². The van der Waals surface area contributed by atoms with Crippen molar-refractivity contribution in [2.45, 2.75) is 52.0 Å². The molecule has 1 atom stereocenters. The van der Waals surface area contributed by atoms with Gasteiger partial charge in [-0.15, -0.1) is 0 Å². The average Bonchev–Trinajstić information content (AvgIpc) is 2.45. The summed E-state index contributed by atoms with van der Waals surface area (Å²) in [5.41, 5.74) is 3.04. The molecule has 0 bridgehead atoms. The number of rotatable bonds is 4. The molecule has 1 unspecified atom stereocenters. The Labute approximate surface area is 124 Å². The number of benzene rings is 1. The third-order valence-electron chi connectivity index (χ3n) is 4.45.